The van der Waals surface area contributed by atoms with Gasteiger partial charge in [-0.1, -0.05) is 19.3 Å². The molecule has 5 heteroatoms. The molecular weight excluding hydrogens is 254 g/mol. The van der Waals surface area contributed by atoms with E-state index in [1.54, 1.807) is 0 Å². The maximum atomic E-state index is 11.2. The highest BCUT2D eigenvalue weighted by Gasteiger charge is 2.31. The molecule has 0 spiro atoms. The van der Waals surface area contributed by atoms with Crippen molar-refractivity contribution in [2.45, 2.75) is 44.6 Å². The van der Waals surface area contributed by atoms with Crippen molar-refractivity contribution in [1.82, 2.24) is 10.2 Å². The lowest BCUT2D eigenvalue weighted by atomic mass is 9.88. The standard InChI is InChI=1S/C15H25N3O2/c16-6-7-18-10-13(15(19)20)8-14(11-18)17-9-12-4-2-1-3-5-12/h12-14,17H,1-5,7-11H2,(H,19,20). The van der Waals surface area contributed by atoms with Crippen molar-refractivity contribution in [1.29, 1.82) is 5.26 Å². The van der Waals surface area contributed by atoms with E-state index < -0.39 is 5.97 Å². The average Bonchev–Trinajstić information content (AvgIpc) is 2.46. The largest absolute Gasteiger partial charge is 0.481 e. The van der Waals surface area contributed by atoms with Gasteiger partial charge in [0.15, 0.2) is 0 Å². The minimum atomic E-state index is -0.739. The summed E-state index contributed by atoms with van der Waals surface area (Å²) in [5.41, 5.74) is 0. The van der Waals surface area contributed by atoms with Crippen LogP contribution in [0, 0.1) is 23.2 Å². The lowest BCUT2D eigenvalue weighted by molar-refractivity contribution is -0.143. The van der Waals surface area contributed by atoms with Crippen LogP contribution in [0.15, 0.2) is 0 Å². The summed E-state index contributed by atoms with van der Waals surface area (Å²) in [5.74, 6) is -0.337. The van der Waals surface area contributed by atoms with Gasteiger partial charge in [0.1, 0.15) is 0 Å². The predicted octanol–water partition coefficient (Wildman–Crippen LogP) is 1.45. The highest BCUT2D eigenvalue weighted by Crippen LogP contribution is 2.24. The van der Waals surface area contributed by atoms with Gasteiger partial charge in [-0.25, -0.2) is 0 Å². The van der Waals surface area contributed by atoms with Crippen LogP contribution in [0.3, 0.4) is 0 Å². The van der Waals surface area contributed by atoms with E-state index in [0.717, 1.165) is 19.0 Å². The van der Waals surface area contributed by atoms with Crippen LogP contribution in [0.1, 0.15) is 38.5 Å². The zero-order valence-corrected chi connectivity index (χ0v) is 12.1. The molecule has 2 unspecified atom stereocenters. The summed E-state index contributed by atoms with van der Waals surface area (Å²) in [7, 11) is 0. The predicted molar refractivity (Wildman–Crippen MR) is 76.2 cm³/mol. The normalized spacial score (nSPS) is 28.9. The maximum Gasteiger partial charge on any atom is 0.307 e. The first-order chi connectivity index (χ1) is 9.69. The van der Waals surface area contributed by atoms with Crippen molar-refractivity contribution < 1.29 is 9.90 Å². The number of nitrogens with one attached hydrogen (secondary N) is 1. The molecule has 1 aliphatic heterocycles. The summed E-state index contributed by atoms with van der Waals surface area (Å²) in [6.45, 7) is 2.62. The second kappa shape index (κ2) is 7.61. The van der Waals surface area contributed by atoms with E-state index in [1.807, 2.05) is 4.90 Å². The van der Waals surface area contributed by atoms with Gasteiger partial charge in [0, 0.05) is 19.1 Å². The minimum Gasteiger partial charge on any atom is -0.481 e. The van der Waals surface area contributed by atoms with E-state index in [0.29, 0.717) is 19.5 Å². The Balaban J connectivity index is 1.82. The summed E-state index contributed by atoms with van der Waals surface area (Å²) >= 11 is 0. The van der Waals surface area contributed by atoms with Crippen LogP contribution in [0.25, 0.3) is 0 Å². The van der Waals surface area contributed by atoms with Crippen LogP contribution < -0.4 is 5.32 Å². The second-order valence-electron chi connectivity index (χ2n) is 6.23. The third-order valence-electron chi connectivity index (χ3n) is 4.59. The number of piperidine rings is 1. The molecule has 0 aromatic rings. The second-order valence-corrected chi connectivity index (χ2v) is 6.23. The molecule has 0 radical (unpaired) electrons. The van der Waals surface area contributed by atoms with Crippen LogP contribution in [0.4, 0.5) is 0 Å². The van der Waals surface area contributed by atoms with Gasteiger partial charge in [-0.2, -0.15) is 5.26 Å². The topological polar surface area (TPSA) is 76.4 Å². The Bertz CT molecular complexity index is 361. The van der Waals surface area contributed by atoms with Crippen LogP contribution in [0.2, 0.25) is 0 Å². The van der Waals surface area contributed by atoms with Gasteiger partial charge in [0.2, 0.25) is 0 Å². The summed E-state index contributed by atoms with van der Waals surface area (Å²) in [6.07, 6.45) is 7.29. The van der Waals surface area contributed by atoms with E-state index in [-0.39, 0.29) is 12.0 Å². The molecule has 0 bridgehead atoms. The molecule has 20 heavy (non-hydrogen) atoms. The Morgan fingerprint density at radius 2 is 2.05 bits per heavy atom. The Morgan fingerprint density at radius 1 is 1.30 bits per heavy atom. The fourth-order valence-corrected chi connectivity index (χ4v) is 3.47. The number of hydrogen-bond donors (Lipinski definition) is 2. The van der Waals surface area contributed by atoms with E-state index in [1.165, 1.54) is 32.1 Å². The van der Waals surface area contributed by atoms with Crippen molar-refractivity contribution in [2.75, 3.05) is 26.2 Å². The van der Waals surface area contributed by atoms with Gasteiger partial charge < -0.3 is 10.4 Å². The maximum absolute atomic E-state index is 11.2. The Labute approximate surface area is 120 Å². The third-order valence-corrected chi connectivity index (χ3v) is 4.59. The fourth-order valence-electron chi connectivity index (χ4n) is 3.47. The van der Waals surface area contributed by atoms with Crippen molar-refractivity contribution in [2.24, 2.45) is 11.8 Å². The monoisotopic (exact) mass is 279 g/mol. The number of aliphatic carboxylic acids is 1. The number of carboxylic acid groups (broad SMARTS) is 1. The minimum absolute atomic E-state index is 0.208. The summed E-state index contributed by atoms with van der Waals surface area (Å²) in [5, 5.41) is 21.6. The van der Waals surface area contributed by atoms with E-state index in [2.05, 4.69) is 11.4 Å². The smallest absolute Gasteiger partial charge is 0.307 e. The summed E-state index contributed by atoms with van der Waals surface area (Å²) < 4.78 is 0. The average molecular weight is 279 g/mol. The molecule has 0 aromatic carbocycles. The Kier molecular flexibility index (Phi) is 5.81. The molecule has 112 valence electrons. The fraction of sp³-hybridized carbons (Fsp3) is 0.867. The first-order valence-corrected chi connectivity index (χ1v) is 7.74. The Morgan fingerprint density at radius 3 is 2.70 bits per heavy atom. The molecule has 5 nitrogen and oxygen atoms in total. The van der Waals surface area contributed by atoms with Crippen molar-refractivity contribution in [3.05, 3.63) is 0 Å². The number of nitriles is 1. The number of carbonyl (C=O) groups is 1. The summed E-state index contributed by atoms with van der Waals surface area (Å²) in [6, 6.07) is 2.34. The molecule has 0 amide bonds. The van der Waals surface area contributed by atoms with Crippen LogP contribution >= 0.6 is 0 Å². The van der Waals surface area contributed by atoms with Crippen molar-refractivity contribution >= 4 is 5.97 Å². The number of hydrogen-bond acceptors (Lipinski definition) is 4. The SMILES string of the molecule is N#CCN1CC(NCC2CCCCC2)CC(C(=O)O)C1. The van der Waals surface area contributed by atoms with E-state index in [9.17, 15) is 9.90 Å². The highest BCUT2D eigenvalue weighted by atomic mass is 16.4. The number of carboxylic acids is 1. The lowest BCUT2D eigenvalue weighted by Gasteiger charge is -2.36. The quantitative estimate of drug-likeness (QED) is 0.745. The number of rotatable bonds is 5. The van der Waals surface area contributed by atoms with Gasteiger partial charge in [0.05, 0.1) is 18.5 Å². The first kappa shape index (κ1) is 15.3. The molecule has 1 saturated heterocycles. The van der Waals surface area contributed by atoms with Gasteiger partial charge in [0.25, 0.3) is 0 Å². The molecular formula is C15H25N3O2. The van der Waals surface area contributed by atoms with E-state index >= 15 is 0 Å². The molecule has 1 saturated carbocycles. The van der Waals surface area contributed by atoms with Gasteiger partial charge in [-0.3, -0.25) is 9.69 Å². The van der Waals surface area contributed by atoms with E-state index in [4.69, 9.17) is 5.26 Å². The Hall–Kier alpha value is -1.12. The number of likely N-dealkylation sites (tertiary alicyclic amines) is 1. The van der Waals surface area contributed by atoms with Gasteiger partial charge >= 0.3 is 5.97 Å². The molecule has 0 aromatic heterocycles. The zero-order valence-electron chi connectivity index (χ0n) is 12.1. The molecule has 2 N–H and O–H groups in total. The van der Waals surface area contributed by atoms with Gasteiger partial charge in [-0.05, 0) is 31.7 Å². The van der Waals surface area contributed by atoms with Crippen LogP contribution in [0.5, 0.6) is 0 Å². The molecule has 1 heterocycles. The van der Waals surface area contributed by atoms with Gasteiger partial charge in [-0.15, -0.1) is 0 Å². The molecule has 2 fully saturated rings. The lowest BCUT2D eigenvalue weighted by Crippen LogP contribution is -2.51. The van der Waals surface area contributed by atoms with Crippen molar-refractivity contribution in [3.63, 3.8) is 0 Å². The molecule has 2 rings (SSSR count). The first-order valence-electron chi connectivity index (χ1n) is 7.74. The third kappa shape index (κ3) is 4.46. The molecule has 2 aliphatic rings. The molecule has 2 atom stereocenters. The van der Waals surface area contributed by atoms with Crippen LogP contribution in [-0.4, -0.2) is 48.2 Å². The zero-order chi connectivity index (χ0) is 14.4. The van der Waals surface area contributed by atoms with Crippen LogP contribution in [-0.2, 0) is 4.79 Å². The van der Waals surface area contributed by atoms with Crippen molar-refractivity contribution in [3.8, 4) is 6.07 Å². The highest BCUT2D eigenvalue weighted by molar-refractivity contribution is 5.70. The summed E-state index contributed by atoms with van der Waals surface area (Å²) in [4.78, 5) is 13.2. The number of nitrogens with zero attached hydrogens (tertiary/aromatic N) is 2. The molecule has 1 aliphatic carbocycles.